The lowest BCUT2D eigenvalue weighted by Gasteiger charge is -2.39. The Morgan fingerprint density at radius 2 is 2.00 bits per heavy atom. The van der Waals surface area contributed by atoms with Crippen molar-refractivity contribution in [3.63, 3.8) is 0 Å². The number of sulfonamides is 1. The van der Waals surface area contributed by atoms with Crippen LogP contribution in [0.3, 0.4) is 0 Å². The summed E-state index contributed by atoms with van der Waals surface area (Å²) in [6, 6.07) is -0.501. The van der Waals surface area contributed by atoms with Gasteiger partial charge in [-0.2, -0.15) is 0 Å². The molecule has 2 fully saturated rings. The molecule has 0 aromatic rings. The fourth-order valence-corrected chi connectivity index (χ4v) is 3.39. The van der Waals surface area contributed by atoms with Gasteiger partial charge in [0.15, 0.2) is 0 Å². The lowest BCUT2D eigenvalue weighted by Crippen LogP contribution is -2.47. The molecule has 0 radical (unpaired) electrons. The molecule has 2 heterocycles. The summed E-state index contributed by atoms with van der Waals surface area (Å²) in [4.78, 5) is 24.5. The van der Waals surface area contributed by atoms with Crippen molar-refractivity contribution in [2.24, 2.45) is 5.41 Å². The first-order valence-corrected chi connectivity index (χ1v) is 8.79. The summed E-state index contributed by atoms with van der Waals surface area (Å²) in [5.74, 6) is -1.07. The van der Waals surface area contributed by atoms with Gasteiger partial charge in [0.25, 0.3) is 0 Å². The molecule has 2 rings (SSSR count). The van der Waals surface area contributed by atoms with E-state index < -0.39 is 22.0 Å². The number of nitrogens with one attached hydrogen (secondary N) is 2. The highest BCUT2D eigenvalue weighted by Gasteiger charge is 2.44. The number of likely N-dealkylation sites (tertiary alicyclic amines) is 1. The number of hydrogen-bond acceptors (Lipinski definition) is 5. The van der Waals surface area contributed by atoms with Crippen molar-refractivity contribution >= 4 is 21.9 Å². The molecule has 2 saturated heterocycles. The number of amides is 1. The second-order valence-electron chi connectivity index (χ2n) is 5.95. The molecule has 8 nitrogen and oxygen atoms in total. The van der Waals surface area contributed by atoms with Crippen LogP contribution < -0.4 is 10.0 Å². The van der Waals surface area contributed by atoms with E-state index in [1.807, 2.05) is 0 Å². The largest absolute Gasteiger partial charge is 0.480 e. The van der Waals surface area contributed by atoms with Crippen LogP contribution in [0.4, 0.5) is 0 Å². The number of nitrogens with zero attached hydrogens (tertiary/aromatic N) is 1. The van der Waals surface area contributed by atoms with E-state index in [1.165, 1.54) is 0 Å². The van der Waals surface area contributed by atoms with Crippen molar-refractivity contribution in [2.45, 2.75) is 25.3 Å². The van der Waals surface area contributed by atoms with Crippen LogP contribution in [0.5, 0.6) is 0 Å². The zero-order valence-electron chi connectivity index (χ0n) is 12.0. The topological polar surface area (TPSA) is 116 Å². The van der Waals surface area contributed by atoms with Gasteiger partial charge in [-0.05, 0) is 24.7 Å². The monoisotopic (exact) mass is 319 g/mol. The van der Waals surface area contributed by atoms with E-state index in [1.54, 1.807) is 4.90 Å². The minimum absolute atomic E-state index is 0.0515. The highest BCUT2D eigenvalue weighted by molar-refractivity contribution is 7.88. The van der Waals surface area contributed by atoms with Gasteiger partial charge in [-0.15, -0.1) is 0 Å². The van der Waals surface area contributed by atoms with E-state index in [0.29, 0.717) is 26.1 Å². The molecule has 0 aromatic heterocycles. The minimum Gasteiger partial charge on any atom is -0.480 e. The molecule has 21 heavy (non-hydrogen) atoms. The third kappa shape index (κ3) is 4.14. The maximum atomic E-state index is 11.9. The van der Waals surface area contributed by atoms with E-state index >= 15 is 0 Å². The first-order valence-electron chi connectivity index (χ1n) is 6.89. The van der Waals surface area contributed by atoms with Crippen molar-refractivity contribution in [3.8, 4) is 0 Å². The fourth-order valence-electron chi connectivity index (χ4n) is 3.01. The first kappa shape index (κ1) is 16.2. The summed E-state index contributed by atoms with van der Waals surface area (Å²) in [5.41, 5.74) is -0.0515. The van der Waals surface area contributed by atoms with E-state index in [4.69, 9.17) is 5.11 Å². The van der Waals surface area contributed by atoms with Crippen molar-refractivity contribution in [1.82, 2.24) is 14.9 Å². The van der Waals surface area contributed by atoms with Crippen LogP contribution in [-0.4, -0.2) is 68.8 Å². The van der Waals surface area contributed by atoms with Gasteiger partial charge >= 0.3 is 5.97 Å². The highest BCUT2D eigenvalue weighted by Crippen LogP contribution is 2.39. The molecule has 0 aromatic carbocycles. The van der Waals surface area contributed by atoms with Gasteiger partial charge in [0.05, 0.1) is 12.8 Å². The molecule has 0 unspecified atom stereocenters. The Morgan fingerprint density at radius 1 is 1.38 bits per heavy atom. The lowest BCUT2D eigenvalue weighted by molar-refractivity contribution is -0.139. The smallest absolute Gasteiger partial charge is 0.320 e. The molecule has 0 aliphatic carbocycles. The second-order valence-corrected chi connectivity index (χ2v) is 7.78. The highest BCUT2D eigenvalue weighted by atomic mass is 32.2. The van der Waals surface area contributed by atoms with Crippen molar-refractivity contribution in [1.29, 1.82) is 0 Å². The van der Waals surface area contributed by atoms with Gasteiger partial charge in [0.1, 0.15) is 6.04 Å². The molecule has 2 aliphatic rings. The van der Waals surface area contributed by atoms with Gasteiger partial charge in [-0.3, -0.25) is 9.59 Å². The third-order valence-corrected chi connectivity index (χ3v) is 4.99. The van der Waals surface area contributed by atoms with Crippen LogP contribution in [0.15, 0.2) is 0 Å². The quantitative estimate of drug-likeness (QED) is 0.586. The maximum absolute atomic E-state index is 11.9. The van der Waals surface area contributed by atoms with Crippen LogP contribution in [-0.2, 0) is 19.6 Å². The SMILES string of the molecule is CS(=O)(=O)NCC(=O)N1CCC2(CC1)CN[C@@H](C(=O)O)C2. The second kappa shape index (κ2) is 5.90. The number of piperidine rings is 1. The van der Waals surface area contributed by atoms with Gasteiger partial charge < -0.3 is 15.3 Å². The summed E-state index contributed by atoms with van der Waals surface area (Å²) in [7, 11) is -3.37. The number of carbonyl (C=O) groups is 2. The number of aliphatic carboxylic acids is 1. The van der Waals surface area contributed by atoms with Gasteiger partial charge in [-0.1, -0.05) is 0 Å². The molecular weight excluding hydrogens is 298 g/mol. The van der Waals surface area contributed by atoms with Crippen molar-refractivity contribution in [3.05, 3.63) is 0 Å². The Balaban J connectivity index is 1.83. The molecular formula is C12H21N3O5S. The summed E-state index contributed by atoms with van der Waals surface area (Å²) < 4.78 is 24.1. The maximum Gasteiger partial charge on any atom is 0.320 e. The molecule has 2 aliphatic heterocycles. The molecule has 9 heteroatoms. The van der Waals surface area contributed by atoms with Gasteiger partial charge in [0.2, 0.25) is 15.9 Å². The molecule has 1 amide bonds. The average Bonchev–Trinajstić information content (AvgIpc) is 2.80. The summed E-state index contributed by atoms with van der Waals surface area (Å²) >= 11 is 0. The summed E-state index contributed by atoms with van der Waals surface area (Å²) in [5, 5.41) is 12.0. The summed E-state index contributed by atoms with van der Waals surface area (Å²) in [6.07, 6.45) is 3.09. The Morgan fingerprint density at radius 3 is 2.48 bits per heavy atom. The first-order chi connectivity index (χ1) is 9.71. The number of carboxylic acids is 1. The Kier molecular flexibility index (Phi) is 4.54. The Bertz CT molecular complexity index is 525. The number of carboxylic acid groups (broad SMARTS) is 1. The zero-order chi connectivity index (χ0) is 15.7. The minimum atomic E-state index is -3.37. The molecule has 1 atom stereocenters. The molecule has 1 spiro atoms. The normalized spacial score (nSPS) is 25.2. The predicted molar refractivity (Wildman–Crippen MR) is 75.1 cm³/mol. The Hall–Kier alpha value is -1.19. The van der Waals surface area contributed by atoms with Crippen LogP contribution in [0.25, 0.3) is 0 Å². The predicted octanol–water partition coefficient (Wildman–Crippen LogP) is -1.41. The van der Waals surface area contributed by atoms with Crippen LogP contribution >= 0.6 is 0 Å². The van der Waals surface area contributed by atoms with E-state index in [2.05, 4.69) is 10.0 Å². The van der Waals surface area contributed by atoms with E-state index in [-0.39, 0.29) is 17.9 Å². The van der Waals surface area contributed by atoms with E-state index in [0.717, 1.165) is 19.1 Å². The fraction of sp³-hybridized carbons (Fsp3) is 0.833. The molecule has 0 bridgehead atoms. The lowest BCUT2D eigenvalue weighted by atomic mass is 9.76. The number of hydrogen-bond donors (Lipinski definition) is 3. The molecule has 3 N–H and O–H groups in total. The third-order valence-electron chi connectivity index (χ3n) is 4.32. The van der Waals surface area contributed by atoms with Crippen LogP contribution in [0, 0.1) is 5.41 Å². The number of carbonyl (C=O) groups excluding carboxylic acids is 1. The molecule has 120 valence electrons. The Labute approximate surface area is 123 Å². The van der Waals surface area contributed by atoms with Gasteiger partial charge in [-0.25, -0.2) is 13.1 Å². The average molecular weight is 319 g/mol. The van der Waals surface area contributed by atoms with Crippen LogP contribution in [0.2, 0.25) is 0 Å². The number of rotatable bonds is 4. The van der Waals surface area contributed by atoms with Crippen molar-refractivity contribution in [2.75, 3.05) is 32.4 Å². The summed E-state index contributed by atoms with van der Waals surface area (Å²) in [6.45, 7) is 1.52. The van der Waals surface area contributed by atoms with Gasteiger partial charge in [0, 0.05) is 19.6 Å². The standard InChI is InChI=1S/C12H21N3O5S/c1-21(19,20)14-7-10(16)15-4-2-12(3-5-15)6-9(11(17)18)13-8-12/h9,13-14H,2-8H2,1H3,(H,17,18)/t9-/m1/s1. The van der Waals surface area contributed by atoms with E-state index in [9.17, 15) is 18.0 Å². The zero-order valence-corrected chi connectivity index (χ0v) is 12.8. The van der Waals surface area contributed by atoms with Crippen molar-refractivity contribution < 1.29 is 23.1 Å². The molecule has 0 saturated carbocycles. The van der Waals surface area contributed by atoms with Crippen LogP contribution in [0.1, 0.15) is 19.3 Å².